The molecular formula is C11H11ClO3. The highest BCUT2D eigenvalue weighted by molar-refractivity contribution is 6.31. The molecule has 1 aromatic carbocycles. The number of methoxy groups -OCH3 is 2. The van der Waals surface area contributed by atoms with E-state index in [1.165, 1.54) is 26.4 Å². The van der Waals surface area contributed by atoms with Crippen LogP contribution in [0, 0.1) is 0 Å². The van der Waals surface area contributed by atoms with Gasteiger partial charge in [-0.05, 0) is 12.1 Å². The van der Waals surface area contributed by atoms with Crippen molar-refractivity contribution in [2.24, 2.45) is 0 Å². The lowest BCUT2D eigenvalue weighted by Gasteiger charge is -2.11. The first-order valence-corrected chi connectivity index (χ1v) is 4.60. The Labute approximate surface area is 93.3 Å². The Balaban J connectivity index is 3.41. The van der Waals surface area contributed by atoms with Crippen LogP contribution >= 0.6 is 11.6 Å². The molecule has 0 fully saturated rings. The second kappa shape index (κ2) is 4.84. The molecule has 3 nitrogen and oxygen atoms in total. The van der Waals surface area contributed by atoms with Gasteiger partial charge in [0.05, 0.1) is 19.8 Å². The summed E-state index contributed by atoms with van der Waals surface area (Å²) in [5.41, 5.74) is 0.344. The average molecular weight is 227 g/mol. The number of allylic oxidation sites excluding steroid dienone is 1. The molecule has 1 aromatic rings. The molecule has 0 heterocycles. The topological polar surface area (TPSA) is 35.5 Å². The van der Waals surface area contributed by atoms with E-state index in [1.807, 2.05) is 0 Å². The highest BCUT2D eigenvalue weighted by Crippen LogP contribution is 2.34. The zero-order valence-electron chi connectivity index (χ0n) is 8.54. The van der Waals surface area contributed by atoms with E-state index < -0.39 is 0 Å². The first-order valence-electron chi connectivity index (χ1n) is 4.22. The van der Waals surface area contributed by atoms with E-state index >= 15 is 0 Å². The summed E-state index contributed by atoms with van der Waals surface area (Å²) in [5.74, 6) is 0.537. The standard InChI is InChI=1S/C11H11ClO3/c1-4-9(13)8-5-7(12)6-10(14-2)11(8)15-3/h4-6H,1H2,2-3H3. The number of carbonyl (C=O) groups is 1. The number of carbonyl (C=O) groups excluding carboxylic acids is 1. The van der Waals surface area contributed by atoms with E-state index in [-0.39, 0.29) is 5.78 Å². The van der Waals surface area contributed by atoms with Gasteiger partial charge in [-0.3, -0.25) is 4.79 Å². The predicted octanol–water partition coefficient (Wildman–Crippen LogP) is 2.73. The van der Waals surface area contributed by atoms with Crippen LogP contribution in [0.25, 0.3) is 0 Å². The summed E-state index contributed by atoms with van der Waals surface area (Å²) in [7, 11) is 2.95. The lowest BCUT2D eigenvalue weighted by molar-refractivity contribution is 0.104. The van der Waals surface area contributed by atoms with Crippen molar-refractivity contribution in [3.05, 3.63) is 35.4 Å². The molecule has 80 valence electrons. The molecular weight excluding hydrogens is 216 g/mol. The molecule has 15 heavy (non-hydrogen) atoms. The maximum atomic E-state index is 11.5. The summed E-state index contributed by atoms with van der Waals surface area (Å²) < 4.78 is 10.1. The normalized spacial score (nSPS) is 9.53. The number of halogens is 1. The zero-order chi connectivity index (χ0) is 11.4. The molecule has 0 aliphatic carbocycles. The van der Waals surface area contributed by atoms with E-state index in [0.717, 1.165) is 0 Å². The van der Waals surface area contributed by atoms with Crippen molar-refractivity contribution >= 4 is 17.4 Å². The molecule has 0 saturated heterocycles. The molecule has 0 aliphatic rings. The Morgan fingerprint density at radius 3 is 2.53 bits per heavy atom. The van der Waals surface area contributed by atoms with Crippen molar-refractivity contribution in [1.82, 2.24) is 0 Å². The van der Waals surface area contributed by atoms with E-state index in [4.69, 9.17) is 21.1 Å². The first kappa shape index (κ1) is 11.6. The van der Waals surface area contributed by atoms with Gasteiger partial charge in [-0.25, -0.2) is 0 Å². The van der Waals surface area contributed by atoms with Crippen LogP contribution in [0.4, 0.5) is 0 Å². The minimum absolute atomic E-state index is 0.257. The molecule has 0 atom stereocenters. The second-order valence-electron chi connectivity index (χ2n) is 2.76. The second-order valence-corrected chi connectivity index (χ2v) is 3.19. The number of benzene rings is 1. The van der Waals surface area contributed by atoms with Crippen LogP contribution in [0.1, 0.15) is 10.4 Å². The number of ether oxygens (including phenoxy) is 2. The predicted molar refractivity (Wildman–Crippen MR) is 59.1 cm³/mol. The first-order chi connectivity index (χ1) is 7.13. The van der Waals surface area contributed by atoms with Crippen molar-refractivity contribution in [2.75, 3.05) is 14.2 Å². The third-order valence-electron chi connectivity index (χ3n) is 1.89. The zero-order valence-corrected chi connectivity index (χ0v) is 9.30. The summed E-state index contributed by atoms with van der Waals surface area (Å²) in [5, 5.41) is 0.415. The SMILES string of the molecule is C=CC(=O)c1cc(Cl)cc(OC)c1OC. The van der Waals surface area contributed by atoms with Crippen LogP contribution in [-0.2, 0) is 0 Å². The summed E-state index contributed by atoms with van der Waals surface area (Å²) >= 11 is 5.84. The van der Waals surface area contributed by atoms with Gasteiger partial charge in [0, 0.05) is 11.1 Å². The Morgan fingerprint density at radius 2 is 2.07 bits per heavy atom. The summed E-state index contributed by atoms with van der Waals surface area (Å²) in [6.07, 6.45) is 1.20. The van der Waals surface area contributed by atoms with Crippen LogP contribution in [0.15, 0.2) is 24.8 Å². The maximum absolute atomic E-state index is 11.5. The van der Waals surface area contributed by atoms with Crippen LogP contribution in [0.2, 0.25) is 5.02 Å². The Morgan fingerprint density at radius 1 is 1.40 bits per heavy atom. The van der Waals surface area contributed by atoms with Crippen molar-refractivity contribution in [2.45, 2.75) is 0 Å². The van der Waals surface area contributed by atoms with Crippen LogP contribution in [0.5, 0.6) is 11.5 Å². The van der Waals surface area contributed by atoms with Gasteiger partial charge in [0.25, 0.3) is 0 Å². The molecule has 0 N–H and O–H groups in total. The molecule has 0 bridgehead atoms. The van der Waals surface area contributed by atoms with E-state index in [2.05, 4.69) is 6.58 Å². The number of hydrogen-bond donors (Lipinski definition) is 0. The maximum Gasteiger partial charge on any atom is 0.189 e. The highest BCUT2D eigenvalue weighted by Gasteiger charge is 2.15. The van der Waals surface area contributed by atoms with Crippen molar-refractivity contribution in [3.8, 4) is 11.5 Å². The lowest BCUT2D eigenvalue weighted by atomic mass is 10.1. The summed E-state index contributed by atoms with van der Waals surface area (Å²) in [6, 6.07) is 3.10. The molecule has 0 saturated carbocycles. The van der Waals surface area contributed by atoms with Gasteiger partial charge in [-0.15, -0.1) is 0 Å². The Bertz CT molecular complexity index is 399. The van der Waals surface area contributed by atoms with E-state index in [1.54, 1.807) is 6.07 Å². The van der Waals surface area contributed by atoms with Crippen LogP contribution < -0.4 is 9.47 Å². The smallest absolute Gasteiger partial charge is 0.189 e. The monoisotopic (exact) mass is 226 g/mol. The van der Waals surface area contributed by atoms with Crippen LogP contribution in [-0.4, -0.2) is 20.0 Å². The molecule has 1 rings (SSSR count). The number of rotatable bonds is 4. The largest absolute Gasteiger partial charge is 0.493 e. The molecule has 0 aliphatic heterocycles. The summed E-state index contributed by atoms with van der Waals surface area (Å²) in [4.78, 5) is 11.5. The molecule has 0 aromatic heterocycles. The van der Waals surface area contributed by atoms with Gasteiger partial charge in [-0.2, -0.15) is 0 Å². The Kier molecular flexibility index (Phi) is 3.74. The minimum Gasteiger partial charge on any atom is -0.493 e. The van der Waals surface area contributed by atoms with E-state index in [0.29, 0.717) is 22.1 Å². The molecule has 0 unspecified atom stereocenters. The number of ketones is 1. The van der Waals surface area contributed by atoms with Gasteiger partial charge < -0.3 is 9.47 Å². The fraction of sp³-hybridized carbons (Fsp3) is 0.182. The highest BCUT2D eigenvalue weighted by atomic mass is 35.5. The van der Waals surface area contributed by atoms with Gasteiger partial charge in [0.15, 0.2) is 17.3 Å². The average Bonchev–Trinajstić information content (AvgIpc) is 2.26. The Hall–Kier alpha value is -1.48. The van der Waals surface area contributed by atoms with Crippen molar-refractivity contribution in [3.63, 3.8) is 0 Å². The number of hydrogen-bond acceptors (Lipinski definition) is 3. The quantitative estimate of drug-likeness (QED) is 0.585. The van der Waals surface area contributed by atoms with Crippen molar-refractivity contribution in [1.29, 1.82) is 0 Å². The fourth-order valence-electron chi connectivity index (χ4n) is 1.22. The fourth-order valence-corrected chi connectivity index (χ4v) is 1.43. The third kappa shape index (κ3) is 2.30. The molecule has 0 radical (unpaired) electrons. The van der Waals surface area contributed by atoms with Crippen molar-refractivity contribution < 1.29 is 14.3 Å². The van der Waals surface area contributed by atoms with E-state index in [9.17, 15) is 4.79 Å². The van der Waals surface area contributed by atoms with Gasteiger partial charge >= 0.3 is 0 Å². The molecule has 0 amide bonds. The summed E-state index contributed by atoms with van der Waals surface area (Å²) in [6.45, 7) is 3.41. The third-order valence-corrected chi connectivity index (χ3v) is 2.11. The minimum atomic E-state index is -0.257. The lowest BCUT2D eigenvalue weighted by Crippen LogP contribution is -2.01. The van der Waals surface area contributed by atoms with Crippen LogP contribution in [0.3, 0.4) is 0 Å². The molecule has 4 heteroatoms. The van der Waals surface area contributed by atoms with Gasteiger partial charge in [0.2, 0.25) is 0 Å². The van der Waals surface area contributed by atoms with Gasteiger partial charge in [0.1, 0.15) is 0 Å². The molecule has 0 spiro atoms. The van der Waals surface area contributed by atoms with Gasteiger partial charge in [-0.1, -0.05) is 18.2 Å².